The molecule has 0 spiro atoms. The van der Waals surface area contributed by atoms with E-state index in [1.807, 2.05) is 52.0 Å². The number of benzene rings is 3. The van der Waals surface area contributed by atoms with Crippen molar-refractivity contribution in [2.75, 3.05) is 6.54 Å². The average Bonchev–Trinajstić information content (AvgIpc) is 2.82. The molecule has 0 saturated heterocycles. The van der Waals surface area contributed by atoms with Crippen LogP contribution in [0.25, 0.3) is 0 Å². The van der Waals surface area contributed by atoms with Gasteiger partial charge in [-0.3, -0.25) is 4.79 Å². The first-order valence-corrected chi connectivity index (χ1v) is 13.3. The zero-order valence-corrected chi connectivity index (χ0v) is 21.9. The summed E-state index contributed by atoms with van der Waals surface area (Å²) in [5.41, 5.74) is 2.66. The van der Waals surface area contributed by atoms with Crippen LogP contribution < -0.4 is 15.2 Å². The van der Waals surface area contributed by atoms with Gasteiger partial charge in [0.25, 0.3) is 5.91 Å². The van der Waals surface area contributed by atoms with Gasteiger partial charge in [-0.05, 0) is 79.1 Å². The summed E-state index contributed by atoms with van der Waals surface area (Å²) in [5, 5.41) is 18.2. The largest absolute Gasteiger partial charge is 0.507 e. The Labute approximate surface area is 213 Å². The maximum absolute atomic E-state index is 12.5. The van der Waals surface area contributed by atoms with Crippen LogP contribution in [0.1, 0.15) is 59.8 Å². The fourth-order valence-electron chi connectivity index (χ4n) is 3.86. The molecule has 1 amide bonds. The minimum atomic E-state index is -3.86. The van der Waals surface area contributed by atoms with Gasteiger partial charge in [-0.15, -0.1) is 0 Å². The van der Waals surface area contributed by atoms with Crippen molar-refractivity contribution in [1.29, 1.82) is 0 Å². The predicted molar refractivity (Wildman–Crippen MR) is 141 cm³/mol. The lowest BCUT2D eigenvalue weighted by atomic mass is 9.85. The maximum Gasteiger partial charge on any atom is 0.255 e. The van der Waals surface area contributed by atoms with Crippen molar-refractivity contribution in [3.8, 4) is 11.5 Å². The topological polar surface area (TPSA) is 119 Å². The zero-order valence-electron chi connectivity index (χ0n) is 21.1. The molecule has 0 aromatic heterocycles. The summed E-state index contributed by atoms with van der Waals surface area (Å²) in [5.74, 6) is 0.321. The molecule has 0 heterocycles. The molecular weight excluding hydrogens is 476 g/mol. The highest BCUT2D eigenvalue weighted by Gasteiger charge is 2.25. The van der Waals surface area contributed by atoms with Crippen LogP contribution in [0.3, 0.4) is 0 Å². The zero-order chi connectivity index (χ0) is 26.5. The number of nitrogens with two attached hydrogens (primary N) is 1. The number of nitrogens with one attached hydrogen (secondary N) is 1. The number of ether oxygens (including phenoxy) is 1. The van der Waals surface area contributed by atoms with Crippen molar-refractivity contribution in [3.63, 3.8) is 0 Å². The van der Waals surface area contributed by atoms with E-state index in [2.05, 4.69) is 5.32 Å². The second kappa shape index (κ2) is 11.1. The van der Waals surface area contributed by atoms with Gasteiger partial charge in [-0.1, -0.05) is 50.2 Å². The molecular formula is C28H34N2O5S. The van der Waals surface area contributed by atoms with E-state index in [4.69, 9.17) is 9.88 Å². The molecule has 1 unspecified atom stereocenters. The number of aryl methyl sites for hydroxylation is 2. The second-order valence-corrected chi connectivity index (χ2v) is 11.5. The molecule has 0 radical (unpaired) electrons. The first-order valence-electron chi connectivity index (χ1n) is 11.8. The minimum Gasteiger partial charge on any atom is -0.507 e. The third kappa shape index (κ3) is 7.32. The number of para-hydroxylation sites is 1. The van der Waals surface area contributed by atoms with Gasteiger partial charge in [-0.25, -0.2) is 13.6 Å². The SMILES string of the molecule is Cc1ccc(C)c(OC(CCC(C)(C)CNC(=O)c2ccccc2O)c2cccc(S(N)(=O)=O)c2)c1. The number of amides is 1. The molecule has 0 bridgehead atoms. The Kier molecular flexibility index (Phi) is 8.43. The number of phenols is 1. The van der Waals surface area contributed by atoms with Crippen LogP contribution in [-0.2, 0) is 10.0 Å². The van der Waals surface area contributed by atoms with Crippen LogP contribution in [0, 0.1) is 19.3 Å². The summed E-state index contributed by atoms with van der Waals surface area (Å²) in [4.78, 5) is 12.6. The number of hydrogen-bond acceptors (Lipinski definition) is 5. The third-order valence-corrected chi connectivity index (χ3v) is 7.04. The molecule has 0 aliphatic carbocycles. The monoisotopic (exact) mass is 510 g/mol. The van der Waals surface area contributed by atoms with E-state index in [1.54, 1.807) is 30.3 Å². The molecule has 0 aliphatic rings. The van der Waals surface area contributed by atoms with Crippen molar-refractivity contribution in [2.24, 2.45) is 10.6 Å². The third-order valence-electron chi connectivity index (χ3n) is 6.13. The predicted octanol–water partition coefficient (Wildman–Crippen LogP) is 5.01. The van der Waals surface area contributed by atoms with Crippen LogP contribution in [-0.4, -0.2) is 26.0 Å². The summed E-state index contributed by atoms with van der Waals surface area (Å²) in [6.45, 7) is 8.40. The van der Waals surface area contributed by atoms with E-state index in [0.717, 1.165) is 16.9 Å². The van der Waals surface area contributed by atoms with Crippen molar-refractivity contribution in [1.82, 2.24) is 5.32 Å². The van der Waals surface area contributed by atoms with Crippen LogP contribution in [0.5, 0.6) is 11.5 Å². The summed E-state index contributed by atoms with van der Waals surface area (Å²) in [7, 11) is -3.86. The van der Waals surface area contributed by atoms with Crippen molar-refractivity contribution in [2.45, 2.75) is 51.5 Å². The lowest BCUT2D eigenvalue weighted by Crippen LogP contribution is -2.34. The quantitative estimate of drug-likeness (QED) is 0.354. The van der Waals surface area contributed by atoms with Crippen molar-refractivity contribution < 1.29 is 23.1 Å². The van der Waals surface area contributed by atoms with Crippen LogP contribution >= 0.6 is 0 Å². The highest BCUT2D eigenvalue weighted by Crippen LogP contribution is 2.34. The molecule has 3 rings (SSSR count). The van der Waals surface area contributed by atoms with Gasteiger partial charge in [-0.2, -0.15) is 0 Å². The number of phenolic OH excluding ortho intramolecular Hbond substituents is 1. The molecule has 3 aromatic carbocycles. The Hall–Kier alpha value is -3.36. The Morgan fingerprint density at radius 2 is 1.78 bits per heavy atom. The number of aromatic hydroxyl groups is 1. The molecule has 3 aromatic rings. The second-order valence-electron chi connectivity index (χ2n) is 9.90. The number of carbonyl (C=O) groups is 1. The highest BCUT2D eigenvalue weighted by molar-refractivity contribution is 7.89. The van der Waals surface area contributed by atoms with Gasteiger partial charge in [0.15, 0.2) is 0 Å². The van der Waals surface area contributed by atoms with Gasteiger partial charge in [0.1, 0.15) is 17.6 Å². The number of hydrogen-bond donors (Lipinski definition) is 3. The smallest absolute Gasteiger partial charge is 0.255 e. The van der Waals surface area contributed by atoms with Crippen LogP contribution in [0.15, 0.2) is 71.6 Å². The molecule has 0 fully saturated rings. The van der Waals surface area contributed by atoms with E-state index in [1.165, 1.54) is 12.1 Å². The molecule has 0 saturated carbocycles. The normalized spacial score (nSPS) is 12.7. The van der Waals surface area contributed by atoms with Gasteiger partial charge in [0.05, 0.1) is 10.5 Å². The van der Waals surface area contributed by atoms with E-state index in [-0.39, 0.29) is 27.5 Å². The van der Waals surface area contributed by atoms with Gasteiger partial charge in [0.2, 0.25) is 10.0 Å². The highest BCUT2D eigenvalue weighted by atomic mass is 32.2. The molecule has 0 aliphatic heterocycles. The van der Waals surface area contributed by atoms with E-state index >= 15 is 0 Å². The number of primary sulfonamides is 1. The van der Waals surface area contributed by atoms with Gasteiger partial charge >= 0.3 is 0 Å². The fourth-order valence-corrected chi connectivity index (χ4v) is 4.43. The number of rotatable bonds is 10. The molecule has 1 atom stereocenters. The first kappa shape index (κ1) is 27.2. The lowest BCUT2D eigenvalue weighted by Gasteiger charge is -2.29. The average molecular weight is 511 g/mol. The summed E-state index contributed by atoms with van der Waals surface area (Å²) < 4.78 is 30.3. The van der Waals surface area contributed by atoms with Crippen molar-refractivity contribution in [3.05, 3.63) is 89.0 Å². The Balaban J connectivity index is 1.79. The molecule has 4 N–H and O–H groups in total. The van der Waals surface area contributed by atoms with Crippen molar-refractivity contribution >= 4 is 15.9 Å². The number of sulfonamides is 1. The maximum atomic E-state index is 12.5. The van der Waals surface area contributed by atoms with E-state index in [0.29, 0.717) is 24.9 Å². The molecule has 192 valence electrons. The Bertz CT molecular complexity index is 1340. The molecule has 8 heteroatoms. The minimum absolute atomic E-state index is 0.0313. The summed E-state index contributed by atoms with van der Waals surface area (Å²) >= 11 is 0. The fraction of sp³-hybridized carbons (Fsp3) is 0.321. The van der Waals surface area contributed by atoms with Gasteiger partial charge < -0.3 is 15.2 Å². The summed E-state index contributed by atoms with van der Waals surface area (Å²) in [6, 6.07) is 18.9. The van der Waals surface area contributed by atoms with E-state index < -0.39 is 16.1 Å². The Morgan fingerprint density at radius 3 is 2.47 bits per heavy atom. The number of carbonyl (C=O) groups excluding carboxylic acids is 1. The summed E-state index contributed by atoms with van der Waals surface area (Å²) in [6.07, 6.45) is 0.810. The molecule has 36 heavy (non-hydrogen) atoms. The first-order chi connectivity index (χ1) is 16.9. The lowest BCUT2D eigenvalue weighted by molar-refractivity contribution is 0.0926. The van der Waals surface area contributed by atoms with Gasteiger partial charge in [0, 0.05) is 6.54 Å². The van der Waals surface area contributed by atoms with E-state index in [9.17, 15) is 18.3 Å². The van der Waals surface area contributed by atoms with Crippen LogP contribution in [0.4, 0.5) is 0 Å². The van der Waals surface area contributed by atoms with Crippen LogP contribution in [0.2, 0.25) is 0 Å². The Morgan fingerprint density at radius 1 is 1.06 bits per heavy atom. The molecule has 7 nitrogen and oxygen atoms in total. The standard InChI is InChI=1S/C28H34N2O5S/c1-19-12-13-20(2)26(16-19)35-25(21-8-7-9-22(17-21)36(29,33)34)14-15-28(3,4)18-30-27(32)23-10-5-6-11-24(23)31/h5-13,16-17,25,31H,14-15,18H2,1-4H3,(H,30,32)(H2,29,33,34).